The third-order valence-corrected chi connectivity index (χ3v) is 4.12. The van der Waals surface area contributed by atoms with Gasteiger partial charge in [0, 0.05) is 11.2 Å². The van der Waals surface area contributed by atoms with Gasteiger partial charge in [0.25, 0.3) is 5.95 Å². The zero-order valence-corrected chi connectivity index (χ0v) is 14.9. The molecule has 0 radical (unpaired) electrons. The van der Waals surface area contributed by atoms with Crippen LogP contribution in [0, 0.1) is 4.91 Å². The number of rotatable bonds is 15. The van der Waals surface area contributed by atoms with E-state index in [4.69, 9.17) is 9.15 Å². The van der Waals surface area contributed by atoms with Gasteiger partial charge in [0.2, 0.25) is 5.76 Å². The van der Waals surface area contributed by atoms with Crippen LogP contribution in [0.5, 0.6) is 5.95 Å². The first-order valence-corrected chi connectivity index (χ1v) is 9.38. The van der Waals surface area contributed by atoms with Crippen molar-refractivity contribution in [3.63, 3.8) is 0 Å². The molecular weight excluding hydrogens is 306 g/mol. The molecule has 24 heavy (non-hydrogen) atoms. The second-order valence-electron chi connectivity index (χ2n) is 6.25. The maximum atomic E-state index is 11.0. The van der Waals surface area contributed by atoms with E-state index in [0.717, 1.165) is 12.8 Å². The SMILES string of the molecule is CCCCCCCCCCCCCCOc1ccc(C(=O)N=O)o1. The number of ether oxygens (including phenoxy) is 1. The lowest BCUT2D eigenvalue weighted by atomic mass is 10.1. The van der Waals surface area contributed by atoms with Crippen molar-refractivity contribution in [2.24, 2.45) is 5.18 Å². The zero-order valence-electron chi connectivity index (χ0n) is 14.9. The highest BCUT2D eigenvalue weighted by molar-refractivity contribution is 5.92. The van der Waals surface area contributed by atoms with Crippen LogP contribution in [-0.2, 0) is 0 Å². The molecule has 0 saturated carbocycles. The smallest absolute Gasteiger partial charge is 0.351 e. The van der Waals surface area contributed by atoms with Crippen LogP contribution >= 0.6 is 0 Å². The summed E-state index contributed by atoms with van der Waals surface area (Å²) in [6.07, 6.45) is 15.6. The fraction of sp³-hybridized carbons (Fsp3) is 0.737. The van der Waals surface area contributed by atoms with Crippen molar-refractivity contribution >= 4 is 5.91 Å². The summed E-state index contributed by atoms with van der Waals surface area (Å²) in [5.41, 5.74) is 0. The number of carbonyl (C=O) groups is 1. The summed E-state index contributed by atoms with van der Waals surface area (Å²) in [6, 6.07) is 2.94. The topological polar surface area (TPSA) is 68.9 Å². The Morgan fingerprint density at radius 2 is 1.46 bits per heavy atom. The predicted octanol–water partition coefficient (Wildman–Crippen LogP) is 6.27. The minimum atomic E-state index is -0.907. The molecular formula is C19H31NO4. The van der Waals surface area contributed by atoms with Gasteiger partial charge in [-0.3, -0.25) is 4.79 Å². The summed E-state index contributed by atoms with van der Waals surface area (Å²) in [7, 11) is 0. The molecule has 0 aromatic carbocycles. The van der Waals surface area contributed by atoms with Gasteiger partial charge in [-0.05, 0) is 12.5 Å². The number of unbranched alkanes of at least 4 members (excludes halogenated alkanes) is 11. The van der Waals surface area contributed by atoms with Crippen LogP contribution in [0.25, 0.3) is 0 Å². The molecule has 0 aliphatic heterocycles. The monoisotopic (exact) mass is 337 g/mol. The first-order valence-electron chi connectivity index (χ1n) is 9.38. The number of furan rings is 1. The van der Waals surface area contributed by atoms with E-state index in [1.54, 1.807) is 6.07 Å². The van der Waals surface area contributed by atoms with Crippen LogP contribution in [0.4, 0.5) is 0 Å². The molecule has 1 aromatic heterocycles. The first-order chi connectivity index (χ1) is 11.8. The minimum absolute atomic E-state index is 0.0744. The molecule has 5 heteroatoms. The maximum absolute atomic E-state index is 11.0. The second kappa shape index (κ2) is 13.8. The molecule has 0 aliphatic carbocycles. The van der Waals surface area contributed by atoms with Gasteiger partial charge in [-0.1, -0.05) is 77.6 Å². The van der Waals surface area contributed by atoms with Gasteiger partial charge in [0.05, 0.1) is 6.61 Å². The van der Waals surface area contributed by atoms with Crippen molar-refractivity contribution in [3.05, 3.63) is 22.8 Å². The molecule has 0 fully saturated rings. The summed E-state index contributed by atoms with van der Waals surface area (Å²) in [5.74, 6) is -0.713. The van der Waals surface area contributed by atoms with Crippen molar-refractivity contribution in [1.82, 2.24) is 0 Å². The second-order valence-corrected chi connectivity index (χ2v) is 6.25. The normalized spacial score (nSPS) is 10.7. The van der Waals surface area contributed by atoms with Crippen molar-refractivity contribution in [1.29, 1.82) is 0 Å². The zero-order chi connectivity index (χ0) is 17.5. The molecule has 1 heterocycles. The quantitative estimate of drug-likeness (QED) is 0.279. The number of hydrogen-bond donors (Lipinski definition) is 0. The van der Waals surface area contributed by atoms with E-state index in [2.05, 4.69) is 12.1 Å². The number of nitrogens with zero attached hydrogens (tertiary/aromatic N) is 1. The molecule has 1 amide bonds. The standard InChI is InChI=1S/C19H31NO4/c1-2-3-4-5-6-7-8-9-10-11-12-13-16-23-18-15-14-17(24-18)19(21)20-22/h14-15H,2-13,16H2,1H3. The fourth-order valence-electron chi connectivity index (χ4n) is 2.67. The molecule has 0 bridgehead atoms. The number of hydrogen-bond acceptors (Lipinski definition) is 4. The summed E-state index contributed by atoms with van der Waals surface area (Å²) >= 11 is 0. The largest absolute Gasteiger partial charge is 0.465 e. The fourth-order valence-corrected chi connectivity index (χ4v) is 2.67. The molecule has 136 valence electrons. The van der Waals surface area contributed by atoms with E-state index in [9.17, 15) is 9.70 Å². The summed E-state index contributed by atoms with van der Waals surface area (Å²) in [4.78, 5) is 21.1. The first kappa shape index (κ1) is 20.4. The highest BCUT2D eigenvalue weighted by atomic mass is 16.6. The van der Waals surface area contributed by atoms with E-state index < -0.39 is 5.91 Å². The Labute approximate surface area is 145 Å². The Balaban J connectivity index is 1.88. The lowest BCUT2D eigenvalue weighted by Crippen LogP contribution is -1.96. The summed E-state index contributed by atoms with van der Waals surface area (Å²) in [5, 5.41) is 2.30. The Bertz CT molecular complexity index is 456. The van der Waals surface area contributed by atoms with Crippen LogP contribution in [0.15, 0.2) is 21.7 Å². The van der Waals surface area contributed by atoms with Crippen LogP contribution in [-0.4, -0.2) is 12.5 Å². The molecule has 0 spiro atoms. The van der Waals surface area contributed by atoms with E-state index in [0.29, 0.717) is 6.61 Å². The van der Waals surface area contributed by atoms with Crippen LogP contribution in [0.3, 0.4) is 0 Å². The molecule has 0 saturated heterocycles. The number of amides is 1. The average Bonchev–Trinajstić information content (AvgIpc) is 3.07. The Morgan fingerprint density at radius 3 is 2.00 bits per heavy atom. The molecule has 1 aromatic rings. The van der Waals surface area contributed by atoms with Crippen molar-refractivity contribution in [3.8, 4) is 5.95 Å². The molecule has 0 atom stereocenters. The molecule has 0 unspecified atom stereocenters. The van der Waals surface area contributed by atoms with Gasteiger partial charge in [0.1, 0.15) is 0 Å². The van der Waals surface area contributed by atoms with Crippen molar-refractivity contribution in [2.75, 3.05) is 6.61 Å². The van der Waals surface area contributed by atoms with E-state index in [1.807, 2.05) is 0 Å². The van der Waals surface area contributed by atoms with Gasteiger partial charge in [-0.25, -0.2) is 0 Å². The Morgan fingerprint density at radius 1 is 0.917 bits per heavy atom. The molecule has 0 aliphatic rings. The predicted molar refractivity (Wildman–Crippen MR) is 95.4 cm³/mol. The summed E-state index contributed by atoms with van der Waals surface area (Å²) < 4.78 is 10.5. The third kappa shape index (κ3) is 9.48. The van der Waals surface area contributed by atoms with Gasteiger partial charge in [-0.15, -0.1) is 4.91 Å². The molecule has 1 rings (SSSR count). The van der Waals surface area contributed by atoms with Gasteiger partial charge in [-0.2, -0.15) is 0 Å². The average molecular weight is 337 g/mol. The minimum Gasteiger partial charge on any atom is -0.465 e. The number of carbonyl (C=O) groups excluding carboxylic acids is 1. The van der Waals surface area contributed by atoms with Crippen LogP contribution in [0.2, 0.25) is 0 Å². The van der Waals surface area contributed by atoms with Crippen molar-refractivity contribution in [2.45, 2.75) is 84.0 Å². The number of nitroso groups, excluding NO2 is 1. The summed E-state index contributed by atoms with van der Waals surface area (Å²) in [6.45, 7) is 2.82. The maximum Gasteiger partial charge on any atom is 0.351 e. The highest BCUT2D eigenvalue weighted by Crippen LogP contribution is 2.17. The van der Waals surface area contributed by atoms with Crippen molar-refractivity contribution < 1.29 is 13.9 Å². The Kier molecular flexibility index (Phi) is 11.7. The lowest BCUT2D eigenvalue weighted by Gasteiger charge is -2.04. The van der Waals surface area contributed by atoms with E-state index >= 15 is 0 Å². The van der Waals surface area contributed by atoms with Gasteiger partial charge < -0.3 is 9.15 Å². The third-order valence-electron chi connectivity index (χ3n) is 4.12. The molecule has 5 nitrogen and oxygen atoms in total. The van der Waals surface area contributed by atoms with E-state index in [-0.39, 0.29) is 11.7 Å². The lowest BCUT2D eigenvalue weighted by molar-refractivity contribution is 0.0965. The van der Waals surface area contributed by atoms with Gasteiger partial charge >= 0.3 is 5.91 Å². The van der Waals surface area contributed by atoms with E-state index in [1.165, 1.54) is 70.3 Å². The van der Waals surface area contributed by atoms with Gasteiger partial charge in [0.15, 0.2) is 0 Å². The Hall–Kier alpha value is -1.65. The molecule has 0 N–H and O–H groups in total. The van der Waals surface area contributed by atoms with Crippen LogP contribution in [0.1, 0.15) is 94.5 Å². The highest BCUT2D eigenvalue weighted by Gasteiger charge is 2.11. The van der Waals surface area contributed by atoms with Crippen LogP contribution < -0.4 is 4.74 Å².